The van der Waals surface area contributed by atoms with Gasteiger partial charge in [-0.1, -0.05) is 41.9 Å². The topological polar surface area (TPSA) is 116 Å². The van der Waals surface area contributed by atoms with Crippen molar-refractivity contribution in [3.8, 4) is 0 Å². The van der Waals surface area contributed by atoms with Crippen LogP contribution in [0.2, 0.25) is 5.02 Å². The standard InChI is InChI=1S/C16H15ClN2O5S/c17-14-7-6-12(25(18,22)23)8-13(14)16(21)24-10-15(20)19-9-11-4-2-1-3-5-11/h1-8H,9-10H2,(H,19,20)(H2,18,22,23). The lowest BCUT2D eigenvalue weighted by atomic mass is 10.2. The minimum atomic E-state index is -3.99. The lowest BCUT2D eigenvalue weighted by Crippen LogP contribution is -2.28. The van der Waals surface area contributed by atoms with Gasteiger partial charge in [-0.25, -0.2) is 18.4 Å². The molecule has 1 amide bonds. The second-order valence-corrected chi connectivity index (χ2v) is 6.99. The van der Waals surface area contributed by atoms with Crippen molar-refractivity contribution in [1.82, 2.24) is 5.32 Å². The molecule has 25 heavy (non-hydrogen) atoms. The van der Waals surface area contributed by atoms with E-state index in [2.05, 4.69) is 5.32 Å². The van der Waals surface area contributed by atoms with Gasteiger partial charge in [0.25, 0.3) is 5.91 Å². The van der Waals surface area contributed by atoms with E-state index in [9.17, 15) is 18.0 Å². The highest BCUT2D eigenvalue weighted by molar-refractivity contribution is 7.89. The van der Waals surface area contributed by atoms with E-state index in [0.717, 1.165) is 11.6 Å². The number of ether oxygens (including phenoxy) is 1. The lowest BCUT2D eigenvalue weighted by molar-refractivity contribution is -0.124. The Morgan fingerprint density at radius 1 is 1.12 bits per heavy atom. The van der Waals surface area contributed by atoms with Crippen molar-refractivity contribution in [2.45, 2.75) is 11.4 Å². The van der Waals surface area contributed by atoms with Crippen LogP contribution in [0.25, 0.3) is 0 Å². The van der Waals surface area contributed by atoms with Crippen molar-refractivity contribution in [1.29, 1.82) is 0 Å². The first-order chi connectivity index (χ1) is 11.8. The van der Waals surface area contributed by atoms with E-state index in [4.69, 9.17) is 21.5 Å². The van der Waals surface area contributed by atoms with E-state index in [1.165, 1.54) is 12.1 Å². The Hall–Kier alpha value is -2.42. The van der Waals surface area contributed by atoms with Gasteiger partial charge in [0.05, 0.1) is 15.5 Å². The van der Waals surface area contributed by atoms with Crippen molar-refractivity contribution >= 4 is 33.5 Å². The van der Waals surface area contributed by atoms with Crippen molar-refractivity contribution in [3.05, 3.63) is 64.7 Å². The highest BCUT2D eigenvalue weighted by Crippen LogP contribution is 2.20. The van der Waals surface area contributed by atoms with Gasteiger partial charge in [-0.15, -0.1) is 0 Å². The Morgan fingerprint density at radius 3 is 2.44 bits per heavy atom. The fraction of sp³-hybridized carbons (Fsp3) is 0.125. The van der Waals surface area contributed by atoms with Crippen LogP contribution >= 0.6 is 11.6 Å². The minimum Gasteiger partial charge on any atom is -0.452 e. The summed E-state index contributed by atoms with van der Waals surface area (Å²) in [6, 6.07) is 12.6. The third-order valence-electron chi connectivity index (χ3n) is 3.15. The fourth-order valence-electron chi connectivity index (χ4n) is 1.89. The molecular weight excluding hydrogens is 368 g/mol. The Balaban J connectivity index is 1.95. The summed E-state index contributed by atoms with van der Waals surface area (Å²) >= 11 is 5.86. The lowest BCUT2D eigenvalue weighted by Gasteiger charge is -2.08. The van der Waals surface area contributed by atoms with E-state index in [0.29, 0.717) is 6.54 Å². The van der Waals surface area contributed by atoms with Crippen LogP contribution in [0.4, 0.5) is 0 Å². The molecule has 0 aromatic heterocycles. The summed E-state index contributed by atoms with van der Waals surface area (Å²) in [6.45, 7) is -0.236. The van der Waals surface area contributed by atoms with Gasteiger partial charge in [0, 0.05) is 6.54 Å². The highest BCUT2D eigenvalue weighted by atomic mass is 35.5. The molecule has 0 heterocycles. The second-order valence-electron chi connectivity index (χ2n) is 5.03. The number of rotatable bonds is 6. The van der Waals surface area contributed by atoms with Crippen LogP contribution in [0.1, 0.15) is 15.9 Å². The van der Waals surface area contributed by atoms with E-state index in [1.807, 2.05) is 30.3 Å². The van der Waals surface area contributed by atoms with E-state index in [-0.39, 0.29) is 15.5 Å². The number of primary sulfonamides is 1. The molecule has 2 aromatic rings. The maximum atomic E-state index is 12.0. The summed E-state index contributed by atoms with van der Waals surface area (Å²) in [7, 11) is -3.99. The fourth-order valence-corrected chi connectivity index (χ4v) is 2.63. The summed E-state index contributed by atoms with van der Waals surface area (Å²) < 4.78 is 27.5. The molecular formula is C16H15ClN2O5S. The molecule has 0 bridgehead atoms. The molecule has 7 nitrogen and oxygen atoms in total. The minimum absolute atomic E-state index is 0.0120. The number of benzene rings is 2. The Morgan fingerprint density at radius 2 is 1.80 bits per heavy atom. The van der Waals surface area contributed by atoms with Crippen LogP contribution in [-0.2, 0) is 26.1 Å². The highest BCUT2D eigenvalue weighted by Gasteiger charge is 2.18. The van der Waals surface area contributed by atoms with Gasteiger partial charge in [-0.2, -0.15) is 0 Å². The Bertz CT molecular complexity index is 885. The largest absolute Gasteiger partial charge is 0.452 e. The van der Waals surface area contributed by atoms with Crippen LogP contribution in [0, 0.1) is 0 Å². The van der Waals surface area contributed by atoms with Gasteiger partial charge in [0.1, 0.15) is 0 Å². The van der Waals surface area contributed by atoms with Crippen molar-refractivity contribution in [3.63, 3.8) is 0 Å². The summed E-state index contributed by atoms with van der Waals surface area (Å²) in [5.74, 6) is -1.43. The third-order valence-corrected chi connectivity index (χ3v) is 4.39. The molecule has 0 spiro atoms. The number of hydrogen-bond acceptors (Lipinski definition) is 5. The van der Waals surface area contributed by atoms with Gasteiger partial charge < -0.3 is 10.1 Å². The normalized spacial score (nSPS) is 11.0. The second kappa shape index (κ2) is 8.11. The third kappa shape index (κ3) is 5.56. The molecule has 0 radical (unpaired) electrons. The summed E-state index contributed by atoms with van der Waals surface area (Å²) in [5, 5.41) is 7.58. The molecule has 2 rings (SSSR count). The first-order valence-electron chi connectivity index (χ1n) is 7.07. The van der Waals surface area contributed by atoms with Crippen LogP contribution in [0.5, 0.6) is 0 Å². The van der Waals surface area contributed by atoms with Gasteiger partial charge in [-0.05, 0) is 23.8 Å². The molecule has 0 aliphatic carbocycles. The molecule has 0 aliphatic rings. The predicted octanol–water partition coefficient (Wildman–Crippen LogP) is 1.46. The molecule has 0 aliphatic heterocycles. The quantitative estimate of drug-likeness (QED) is 0.734. The van der Waals surface area contributed by atoms with Crippen LogP contribution < -0.4 is 10.5 Å². The Kier molecular flexibility index (Phi) is 6.13. The molecule has 0 saturated carbocycles. The average molecular weight is 383 g/mol. The summed E-state index contributed by atoms with van der Waals surface area (Å²) in [5.41, 5.74) is 0.704. The maximum absolute atomic E-state index is 12.0. The number of nitrogens with one attached hydrogen (secondary N) is 1. The number of carbonyl (C=O) groups excluding carboxylic acids is 2. The van der Waals surface area contributed by atoms with Gasteiger partial charge >= 0.3 is 5.97 Å². The molecule has 3 N–H and O–H groups in total. The van der Waals surface area contributed by atoms with E-state index < -0.39 is 28.5 Å². The number of esters is 1. The van der Waals surface area contributed by atoms with E-state index in [1.54, 1.807) is 0 Å². The van der Waals surface area contributed by atoms with Crippen LogP contribution in [-0.4, -0.2) is 26.9 Å². The monoisotopic (exact) mass is 382 g/mol. The van der Waals surface area contributed by atoms with Crippen LogP contribution in [0.3, 0.4) is 0 Å². The molecule has 0 fully saturated rings. The summed E-state index contributed by atoms with van der Waals surface area (Å²) in [6.07, 6.45) is 0. The van der Waals surface area contributed by atoms with Crippen molar-refractivity contribution in [2.24, 2.45) is 5.14 Å². The zero-order valence-corrected chi connectivity index (χ0v) is 14.5. The number of nitrogens with two attached hydrogens (primary N) is 1. The first-order valence-corrected chi connectivity index (χ1v) is 9.00. The SMILES string of the molecule is NS(=O)(=O)c1ccc(Cl)c(C(=O)OCC(=O)NCc2ccccc2)c1. The maximum Gasteiger partial charge on any atom is 0.340 e. The predicted molar refractivity (Wildman–Crippen MR) is 91.4 cm³/mol. The number of amides is 1. The Labute approximate surface area is 149 Å². The van der Waals surface area contributed by atoms with Crippen LogP contribution in [0.15, 0.2) is 53.4 Å². The number of hydrogen-bond donors (Lipinski definition) is 2. The molecule has 132 valence electrons. The number of carbonyl (C=O) groups is 2. The van der Waals surface area contributed by atoms with Crippen molar-refractivity contribution < 1.29 is 22.7 Å². The average Bonchev–Trinajstić information content (AvgIpc) is 2.58. The molecule has 9 heteroatoms. The number of halogens is 1. The van der Waals surface area contributed by atoms with Crippen molar-refractivity contribution in [2.75, 3.05) is 6.61 Å². The van der Waals surface area contributed by atoms with E-state index >= 15 is 0 Å². The number of sulfonamides is 1. The molecule has 0 saturated heterocycles. The smallest absolute Gasteiger partial charge is 0.340 e. The zero-order chi connectivity index (χ0) is 18.4. The summed E-state index contributed by atoms with van der Waals surface area (Å²) in [4.78, 5) is 23.4. The first kappa shape index (κ1) is 18.9. The van der Waals surface area contributed by atoms with Gasteiger partial charge in [-0.3, -0.25) is 4.79 Å². The van der Waals surface area contributed by atoms with Gasteiger partial charge in [0.15, 0.2) is 6.61 Å². The molecule has 2 aromatic carbocycles. The molecule has 0 atom stereocenters. The molecule has 0 unspecified atom stereocenters. The zero-order valence-electron chi connectivity index (χ0n) is 12.9. The van der Waals surface area contributed by atoms with Gasteiger partial charge in [0.2, 0.25) is 10.0 Å².